The van der Waals surface area contributed by atoms with Crippen molar-refractivity contribution in [2.75, 3.05) is 7.11 Å². The SMILES string of the molecule is COC(=O)Cn1c(=NC(=O)c2cc(C)no2)sc2cc(Cl)ccc21. The molecule has 0 bridgehead atoms. The number of hydrogen-bond donors (Lipinski definition) is 0. The third-order valence-electron chi connectivity index (χ3n) is 3.20. The molecule has 2 aromatic heterocycles. The topological polar surface area (TPSA) is 86.7 Å². The van der Waals surface area contributed by atoms with Crippen LogP contribution in [-0.2, 0) is 16.1 Å². The highest BCUT2D eigenvalue weighted by Crippen LogP contribution is 2.22. The number of benzene rings is 1. The second kappa shape index (κ2) is 6.58. The summed E-state index contributed by atoms with van der Waals surface area (Å²) < 4.78 is 12.0. The molecule has 0 saturated carbocycles. The van der Waals surface area contributed by atoms with Gasteiger partial charge in [0.05, 0.1) is 23.0 Å². The van der Waals surface area contributed by atoms with Gasteiger partial charge in [0.1, 0.15) is 6.54 Å². The lowest BCUT2D eigenvalue weighted by atomic mass is 10.3. The first-order valence-electron chi connectivity index (χ1n) is 6.86. The van der Waals surface area contributed by atoms with Gasteiger partial charge in [0.2, 0.25) is 5.76 Å². The normalized spacial score (nSPS) is 11.9. The maximum Gasteiger partial charge on any atom is 0.325 e. The minimum atomic E-state index is -0.577. The minimum absolute atomic E-state index is 0.0348. The largest absolute Gasteiger partial charge is 0.468 e. The third kappa shape index (κ3) is 3.24. The summed E-state index contributed by atoms with van der Waals surface area (Å²) in [7, 11) is 1.30. The van der Waals surface area contributed by atoms with E-state index >= 15 is 0 Å². The number of aromatic nitrogens is 2. The molecule has 7 nitrogen and oxygen atoms in total. The number of esters is 1. The van der Waals surface area contributed by atoms with Crippen LogP contribution in [0.15, 0.2) is 33.8 Å². The van der Waals surface area contributed by atoms with Crippen LogP contribution in [-0.4, -0.2) is 28.7 Å². The van der Waals surface area contributed by atoms with Crippen molar-refractivity contribution in [1.29, 1.82) is 0 Å². The van der Waals surface area contributed by atoms with Crippen molar-refractivity contribution in [2.24, 2.45) is 4.99 Å². The molecule has 124 valence electrons. The zero-order valence-electron chi connectivity index (χ0n) is 12.8. The lowest BCUT2D eigenvalue weighted by Gasteiger charge is -2.03. The number of fused-ring (bicyclic) bond motifs is 1. The summed E-state index contributed by atoms with van der Waals surface area (Å²) in [4.78, 5) is 28.3. The van der Waals surface area contributed by atoms with Gasteiger partial charge in [-0.1, -0.05) is 28.1 Å². The standard InChI is InChI=1S/C15H12ClN3O4S/c1-8-5-11(23-18-8)14(21)17-15-19(7-13(20)22-2)10-4-3-9(16)6-12(10)24-15/h3-6H,7H2,1-2H3. The fraction of sp³-hybridized carbons (Fsp3) is 0.200. The second-order valence-electron chi connectivity index (χ2n) is 4.91. The Hall–Kier alpha value is -2.45. The quantitative estimate of drug-likeness (QED) is 0.666. The molecule has 3 aromatic rings. The molecule has 0 unspecified atom stereocenters. The molecular weight excluding hydrogens is 354 g/mol. The molecule has 0 aliphatic carbocycles. The second-order valence-corrected chi connectivity index (χ2v) is 6.35. The van der Waals surface area contributed by atoms with E-state index in [0.717, 1.165) is 10.2 Å². The Balaban J connectivity index is 2.14. The summed E-state index contributed by atoms with van der Waals surface area (Å²) in [5, 5.41) is 4.22. The van der Waals surface area contributed by atoms with Crippen LogP contribution in [0.2, 0.25) is 5.02 Å². The first-order chi connectivity index (χ1) is 11.5. The fourth-order valence-corrected chi connectivity index (χ4v) is 3.39. The van der Waals surface area contributed by atoms with Crippen LogP contribution < -0.4 is 4.80 Å². The van der Waals surface area contributed by atoms with E-state index in [2.05, 4.69) is 10.1 Å². The maximum absolute atomic E-state index is 12.2. The molecule has 1 aromatic carbocycles. The molecule has 9 heteroatoms. The first kappa shape index (κ1) is 16.4. The van der Waals surface area contributed by atoms with Crippen LogP contribution in [0.25, 0.3) is 10.2 Å². The van der Waals surface area contributed by atoms with Crippen LogP contribution in [0.3, 0.4) is 0 Å². The molecule has 2 heterocycles. The molecule has 3 rings (SSSR count). The van der Waals surface area contributed by atoms with Crippen LogP contribution in [0, 0.1) is 6.92 Å². The van der Waals surface area contributed by atoms with E-state index in [4.69, 9.17) is 20.9 Å². The molecule has 1 amide bonds. The van der Waals surface area contributed by atoms with Gasteiger partial charge in [-0.25, -0.2) is 0 Å². The van der Waals surface area contributed by atoms with Gasteiger partial charge in [0, 0.05) is 11.1 Å². The van der Waals surface area contributed by atoms with Gasteiger partial charge in [-0.15, -0.1) is 0 Å². The zero-order chi connectivity index (χ0) is 17.3. The molecule has 0 spiro atoms. The molecule has 0 atom stereocenters. The van der Waals surface area contributed by atoms with Gasteiger partial charge in [-0.05, 0) is 25.1 Å². The number of halogens is 1. The van der Waals surface area contributed by atoms with Gasteiger partial charge in [-0.2, -0.15) is 4.99 Å². The Morgan fingerprint density at radius 2 is 2.21 bits per heavy atom. The summed E-state index contributed by atoms with van der Waals surface area (Å²) in [5.74, 6) is -0.992. The van der Waals surface area contributed by atoms with Crippen molar-refractivity contribution >= 4 is 45.0 Å². The van der Waals surface area contributed by atoms with Crippen molar-refractivity contribution < 1.29 is 18.8 Å². The number of carbonyl (C=O) groups is 2. The molecule has 24 heavy (non-hydrogen) atoms. The van der Waals surface area contributed by atoms with Gasteiger partial charge >= 0.3 is 11.9 Å². The van der Waals surface area contributed by atoms with Crippen molar-refractivity contribution in [3.8, 4) is 0 Å². The predicted octanol–water partition coefficient (Wildman–Crippen LogP) is 2.57. The van der Waals surface area contributed by atoms with Crippen LogP contribution >= 0.6 is 22.9 Å². The van der Waals surface area contributed by atoms with Crippen LogP contribution in [0.4, 0.5) is 0 Å². The van der Waals surface area contributed by atoms with E-state index < -0.39 is 11.9 Å². The molecular formula is C15H12ClN3O4S. The van der Waals surface area contributed by atoms with Crippen molar-refractivity contribution in [3.63, 3.8) is 0 Å². The fourth-order valence-electron chi connectivity index (χ4n) is 2.09. The summed E-state index contributed by atoms with van der Waals surface area (Å²) >= 11 is 7.24. The highest BCUT2D eigenvalue weighted by molar-refractivity contribution is 7.16. The van der Waals surface area contributed by atoms with Crippen molar-refractivity contribution in [2.45, 2.75) is 13.5 Å². The molecule has 0 fully saturated rings. The summed E-state index contributed by atoms with van der Waals surface area (Å²) in [6, 6.07) is 6.72. The number of amides is 1. The Morgan fingerprint density at radius 1 is 1.42 bits per heavy atom. The number of thiazole rings is 1. The number of rotatable bonds is 3. The molecule has 0 aliphatic rings. The minimum Gasteiger partial charge on any atom is -0.468 e. The number of nitrogens with zero attached hydrogens (tertiary/aromatic N) is 3. The average Bonchev–Trinajstić information content (AvgIpc) is 3.11. The number of carbonyl (C=O) groups excluding carboxylic acids is 2. The summed E-state index contributed by atoms with van der Waals surface area (Å²) in [6.07, 6.45) is 0. The van der Waals surface area contributed by atoms with E-state index in [0.29, 0.717) is 15.5 Å². The van der Waals surface area contributed by atoms with Crippen molar-refractivity contribution in [1.82, 2.24) is 9.72 Å². The Bertz CT molecular complexity index is 1000. The van der Waals surface area contributed by atoms with E-state index in [1.807, 2.05) is 0 Å². The summed E-state index contributed by atoms with van der Waals surface area (Å²) in [5.41, 5.74) is 1.31. The maximum atomic E-state index is 12.2. The third-order valence-corrected chi connectivity index (χ3v) is 4.47. The molecule has 0 aliphatic heterocycles. The molecule has 0 radical (unpaired) electrons. The van der Waals surface area contributed by atoms with Gasteiger partial charge in [-0.3, -0.25) is 9.59 Å². The van der Waals surface area contributed by atoms with Crippen molar-refractivity contribution in [3.05, 3.63) is 45.5 Å². The highest BCUT2D eigenvalue weighted by atomic mass is 35.5. The van der Waals surface area contributed by atoms with Gasteiger partial charge < -0.3 is 13.8 Å². The lowest BCUT2D eigenvalue weighted by molar-refractivity contribution is -0.141. The number of aryl methyl sites for hydroxylation is 1. The summed E-state index contributed by atoms with van der Waals surface area (Å²) in [6.45, 7) is 1.64. The predicted molar refractivity (Wildman–Crippen MR) is 88.0 cm³/mol. The Morgan fingerprint density at radius 3 is 2.88 bits per heavy atom. The first-order valence-corrected chi connectivity index (χ1v) is 8.05. The molecule has 0 saturated heterocycles. The van der Waals surface area contributed by atoms with E-state index in [9.17, 15) is 9.59 Å². The highest BCUT2D eigenvalue weighted by Gasteiger charge is 2.15. The Labute approximate surface area is 145 Å². The van der Waals surface area contributed by atoms with Gasteiger partial charge in [0.25, 0.3) is 0 Å². The van der Waals surface area contributed by atoms with E-state index in [1.54, 1.807) is 29.7 Å². The lowest BCUT2D eigenvalue weighted by Crippen LogP contribution is -2.22. The average molecular weight is 366 g/mol. The number of methoxy groups -OCH3 is 1. The number of ether oxygens (including phenoxy) is 1. The smallest absolute Gasteiger partial charge is 0.325 e. The van der Waals surface area contributed by atoms with E-state index in [1.165, 1.54) is 24.5 Å². The van der Waals surface area contributed by atoms with Crippen LogP contribution in [0.5, 0.6) is 0 Å². The van der Waals surface area contributed by atoms with Crippen LogP contribution in [0.1, 0.15) is 16.2 Å². The number of hydrogen-bond acceptors (Lipinski definition) is 6. The van der Waals surface area contributed by atoms with E-state index in [-0.39, 0.29) is 12.3 Å². The zero-order valence-corrected chi connectivity index (χ0v) is 14.3. The monoisotopic (exact) mass is 365 g/mol. The Kier molecular flexibility index (Phi) is 4.50. The molecule has 0 N–H and O–H groups in total. The van der Waals surface area contributed by atoms with Gasteiger partial charge in [0.15, 0.2) is 4.80 Å².